The number of rotatable bonds is 3. The van der Waals surface area contributed by atoms with E-state index in [1.165, 1.54) is 0 Å². The van der Waals surface area contributed by atoms with Gasteiger partial charge in [0.05, 0.1) is 10.0 Å². The molecule has 1 aromatic carbocycles. The summed E-state index contributed by atoms with van der Waals surface area (Å²) in [4.78, 5) is 14.2. The molecule has 1 aliphatic heterocycles. The summed E-state index contributed by atoms with van der Waals surface area (Å²) in [6, 6.07) is 5.50. The van der Waals surface area contributed by atoms with E-state index in [2.05, 4.69) is 0 Å². The average Bonchev–Trinajstić information content (AvgIpc) is 2.47. The lowest BCUT2D eigenvalue weighted by molar-refractivity contribution is 0.0148. The van der Waals surface area contributed by atoms with Crippen LogP contribution in [0, 0.1) is 0 Å². The molecule has 0 aliphatic carbocycles. The number of hydrogen-bond donors (Lipinski definition) is 0. The van der Waals surface area contributed by atoms with Crippen molar-refractivity contribution in [1.29, 1.82) is 0 Å². The number of benzene rings is 1. The van der Waals surface area contributed by atoms with E-state index in [1.54, 1.807) is 17.2 Å². The molecule has 1 heterocycles. The molecule has 7 heteroatoms. The molecule has 0 bridgehead atoms. The molecule has 0 aromatic heterocycles. The average molecular weight is 406 g/mol. The maximum atomic E-state index is 12.5. The van der Waals surface area contributed by atoms with Crippen molar-refractivity contribution in [1.82, 2.24) is 4.90 Å². The molecule has 1 aromatic rings. The smallest absolute Gasteiger partial charge is 0.410 e. The number of carbonyl (C=O) groups excluding carboxylic acids is 1. The first-order valence-electron chi connectivity index (χ1n) is 8.26. The molecule has 140 valence electrons. The molecule has 2 rings (SSSR count). The molecule has 4 nitrogen and oxygen atoms in total. The van der Waals surface area contributed by atoms with Crippen molar-refractivity contribution < 1.29 is 13.7 Å². The summed E-state index contributed by atoms with van der Waals surface area (Å²) >= 11 is 12.3. The van der Waals surface area contributed by atoms with Crippen molar-refractivity contribution in [3.8, 4) is 0 Å². The highest BCUT2D eigenvalue weighted by Crippen LogP contribution is 2.38. The van der Waals surface area contributed by atoms with Gasteiger partial charge in [0, 0.05) is 41.3 Å². The molecule has 2 atom stereocenters. The summed E-state index contributed by atoms with van der Waals surface area (Å²) in [5, 5.41) is 0.952. The number of hydrogen-bond acceptors (Lipinski definition) is 3. The first-order valence-corrected chi connectivity index (χ1v) is 10.7. The highest BCUT2D eigenvalue weighted by atomic mass is 35.5. The Hall–Kier alpha value is -0.780. The zero-order chi connectivity index (χ0) is 18.8. The fourth-order valence-corrected chi connectivity index (χ4v) is 4.74. The Morgan fingerprint density at radius 2 is 2.00 bits per heavy atom. The number of carbonyl (C=O) groups is 1. The van der Waals surface area contributed by atoms with Gasteiger partial charge < -0.3 is 9.64 Å². The van der Waals surface area contributed by atoms with Gasteiger partial charge >= 0.3 is 6.09 Å². The Labute approximate surface area is 162 Å². The fraction of sp³-hybridized carbons (Fsp3) is 0.611. The fourth-order valence-electron chi connectivity index (χ4n) is 3.27. The van der Waals surface area contributed by atoms with Crippen molar-refractivity contribution in [2.45, 2.75) is 44.6 Å². The van der Waals surface area contributed by atoms with Gasteiger partial charge in [0.15, 0.2) is 0 Å². The summed E-state index contributed by atoms with van der Waals surface area (Å²) < 4.78 is 17.6. The molecule has 1 saturated heterocycles. The highest BCUT2D eigenvalue weighted by Gasteiger charge is 2.40. The van der Waals surface area contributed by atoms with Crippen molar-refractivity contribution in [2.24, 2.45) is 0 Å². The molecular formula is C18H25Cl2NO3S. The predicted molar refractivity (Wildman–Crippen MR) is 104 cm³/mol. The Balaban J connectivity index is 2.34. The van der Waals surface area contributed by atoms with E-state index < -0.39 is 21.8 Å². The van der Waals surface area contributed by atoms with Crippen LogP contribution < -0.4 is 0 Å². The molecule has 0 spiro atoms. The van der Waals surface area contributed by atoms with Crippen LogP contribution in [0.2, 0.25) is 10.0 Å². The lowest BCUT2D eigenvalue weighted by atomic mass is 9.75. The third-order valence-electron chi connectivity index (χ3n) is 4.24. The monoisotopic (exact) mass is 405 g/mol. The third kappa shape index (κ3) is 5.35. The summed E-state index contributed by atoms with van der Waals surface area (Å²) in [6.07, 6.45) is 3.00. The van der Waals surface area contributed by atoms with Crippen LogP contribution in [0.5, 0.6) is 0 Å². The Bertz CT molecular complexity index is 675. The SMILES string of the molecule is CS(=O)CC1(c2ccc(Cl)c(Cl)c2)CCCN(C(=O)OC(C)(C)C)C1. The van der Waals surface area contributed by atoms with Crippen LogP contribution >= 0.6 is 23.2 Å². The minimum atomic E-state index is -1.02. The number of piperidine rings is 1. The van der Waals surface area contributed by atoms with Crippen LogP contribution in [0.25, 0.3) is 0 Å². The highest BCUT2D eigenvalue weighted by molar-refractivity contribution is 7.84. The molecule has 0 N–H and O–H groups in total. The second kappa shape index (κ2) is 7.85. The van der Waals surface area contributed by atoms with E-state index >= 15 is 0 Å². The summed E-state index contributed by atoms with van der Waals surface area (Å²) in [5.74, 6) is 0.463. The normalized spacial score (nSPS) is 22.6. The second-order valence-corrected chi connectivity index (χ2v) is 9.88. The lowest BCUT2D eigenvalue weighted by Gasteiger charge is -2.43. The van der Waals surface area contributed by atoms with Crippen molar-refractivity contribution in [2.75, 3.05) is 25.1 Å². The van der Waals surface area contributed by atoms with Crippen molar-refractivity contribution in [3.63, 3.8) is 0 Å². The summed E-state index contributed by atoms with van der Waals surface area (Å²) in [6.45, 7) is 6.64. The number of likely N-dealkylation sites (tertiary alicyclic amines) is 1. The van der Waals surface area contributed by atoms with Crippen LogP contribution in [0.15, 0.2) is 18.2 Å². The van der Waals surface area contributed by atoms with Crippen molar-refractivity contribution >= 4 is 40.1 Å². The van der Waals surface area contributed by atoms with Gasteiger partial charge in [-0.3, -0.25) is 4.21 Å². The van der Waals surface area contributed by atoms with Crippen LogP contribution in [0.1, 0.15) is 39.2 Å². The number of amides is 1. The number of ether oxygens (including phenoxy) is 1. The minimum absolute atomic E-state index is 0.335. The molecule has 2 unspecified atom stereocenters. The van der Waals surface area contributed by atoms with E-state index in [1.807, 2.05) is 32.9 Å². The quantitative estimate of drug-likeness (QED) is 0.735. The first kappa shape index (κ1) is 20.5. The Kier molecular flexibility index (Phi) is 6.45. The first-order chi connectivity index (χ1) is 11.5. The maximum Gasteiger partial charge on any atom is 0.410 e. The van der Waals surface area contributed by atoms with Gasteiger partial charge in [-0.25, -0.2) is 4.79 Å². The van der Waals surface area contributed by atoms with Gasteiger partial charge in [-0.2, -0.15) is 0 Å². The van der Waals surface area contributed by atoms with Gasteiger partial charge in [-0.15, -0.1) is 0 Å². The molecule has 25 heavy (non-hydrogen) atoms. The Morgan fingerprint density at radius 1 is 1.32 bits per heavy atom. The molecular weight excluding hydrogens is 381 g/mol. The topological polar surface area (TPSA) is 46.6 Å². The van der Waals surface area contributed by atoms with E-state index in [0.717, 1.165) is 18.4 Å². The van der Waals surface area contributed by atoms with Crippen LogP contribution in [-0.4, -0.2) is 45.9 Å². The summed E-state index contributed by atoms with van der Waals surface area (Å²) in [5.41, 5.74) is 0.00232. The van der Waals surface area contributed by atoms with Crippen LogP contribution in [0.3, 0.4) is 0 Å². The van der Waals surface area contributed by atoms with Gasteiger partial charge in [-0.05, 0) is 51.3 Å². The second-order valence-electron chi connectivity index (χ2n) is 7.63. The molecule has 1 aliphatic rings. The van der Waals surface area contributed by atoms with Gasteiger partial charge in [0.2, 0.25) is 0 Å². The van der Waals surface area contributed by atoms with Crippen molar-refractivity contribution in [3.05, 3.63) is 33.8 Å². The third-order valence-corrected chi connectivity index (χ3v) is 5.94. The van der Waals surface area contributed by atoms with Crippen LogP contribution in [-0.2, 0) is 21.0 Å². The summed E-state index contributed by atoms with van der Waals surface area (Å²) in [7, 11) is -1.02. The van der Waals surface area contributed by atoms with E-state index in [4.69, 9.17) is 27.9 Å². The van der Waals surface area contributed by atoms with E-state index in [0.29, 0.717) is 28.9 Å². The molecule has 1 fully saturated rings. The molecule has 1 amide bonds. The zero-order valence-electron chi connectivity index (χ0n) is 15.1. The minimum Gasteiger partial charge on any atom is -0.444 e. The molecule has 0 radical (unpaired) electrons. The largest absolute Gasteiger partial charge is 0.444 e. The van der Waals surface area contributed by atoms with Gasteiger partial charge in [0.25, 0.3) is 0 Å². The van der Waals surface area contributed by atoms with Gasteiger partial charge in [-0.1, -0.05) is 29.3 Å². The lowest BCUT2D eigenvalue weighted by Crippen LogP contribution is -2.52. The maximum absolute atomic E-state index is 12.5. The predicted octanol–water partition coefficient (Wildman–Crippen LogP) is 4.64. The molecule has 0 saturated carbocycles. The number of halogens is 2. The van der Waals surface area contributed by atoms with Crippen LogP contribution in [0.4, 0.5) is 4.79 Å². The standard InChI is InChI=1S/C18H25Cl2NO3S/c1-17(2,3)24-16(22)21-9-5-8-18(11-21,12-25(4)23)13-6-7-14(19)15(20)10-13/h6-7,10H,5,8-9,11-12H2,1-4H3. The van der Waals surface area contributed by atoms with Gasteiger partial charge in [0.1, 0.15) is 5.60 Å². The van der Waals surface area contributed by atoms with E-state index in [9.17, 15) is 9.00 Å². The van der Waals surface area contributed by atoms with E-state index in [-0.39, 0.29) is 6.09 Å². The Morgan fingerprint density at radius 3 is 2.56 bits per heavy atom. The number of nitrogens with zero attached hydrogens (tertiary/aromatic N) is 1. The zero-order valence-corrected chi connectivity index (χ0v) is 17.4.